The Morgan fingerprint density at radius 1 is 0.947 bits per heavy atom. The van der Waals surface area contributed by atoms with Crippen molar-refractivity contribution >= 4 is 6.09 Å². The van der Waals surface area contributed by atoms with Crippen molar-refractivity contribution in [1.29, 1.82) is 0 Å². The number of hydrogen-bond donors (Lipinski definition) is 2. The van der Waals surface area contributed by atoms with E-state index in [1.54, 1.807) is 0 Å². The van der Waals surface area contributed by atoms with E-state index in [0.717, 1.165) is 18.8 Å². The number of nitrogens with zero attached hydrogens (tertiary/aromatic N) is 1. The number of hydrogen-bond acceptors (Lipinski definition) is 2. The number of carbonyl (C=O) groups is 1. The molecule has 2 N–H and O–H groups in total. The lowest BCUT2D eigenvalue weighted by molar-refractivity contribution is 0.131. The van der Waals surface area contributed by atoms with Crippen LogP contribution in [0.15, 0.2) is 0 Å². The van der Waals surface area contributed by atoms with Gasteiger partial charge in [0, 0.05) is 13.1 Å². The van der Waals surface area contributed by atoms with Crippen LogP contribution in [0.5, 0.6) is 0 Å². The molecule has 0 aromatic heterocycles. The van der Waals surface area contributed by atoms with E-state index in [-0.39, 0.29) is 13.2 Å². The van der Waals surface area contributed by atoms with Gasteiger partial charge in [-0.05, 0) is 12.3 Å². The van der Waals surface area contributed by atoms with E-state index >= 15 is 0 Å². The van der Waals surface area contributed by atoms with Crippen molar-refractivity contribution in [3.05, 3.63) is 0 Å². The van der Waals surface area contributed by atoms with E-state index in [2.05, 4.69) is 13.8 Å². The molecule has 0 heterocycles. The number of amides is 1. The largest absolute Gasteiger partial charge is 0.465 e. The molecule has 0 saturated heterocycles. The van der Waals surface area contributed by atoms with Crippen LogP contribution in [-0.4, -0.2) is 40.9 Å². The first-order valence-electron chi connectivity index (χ1n) is 7.66. The Bertz CT molecular complexity index is 219. The molecule has 19 heavy (non-hydrogen) atoms. The highest BCUT2D eigenvalue weighted by atomic mass is 16.4. The van der Waals surface area contributed by atoms with E-state index in [4.69, 9.17) is 10.2 Å². The fraction of sp³-hybridized carbons (Fsp3) is 0.933. The zero-order valence-electron chi connectivity index (χ0n) is 12.6. The van der Waals surface area contributed by atoms with E-state index in [1.165, 1.54) is 43.4 Å². The minimum atomic E-state index is -0.928. The molecule has 0 aromatic carbocycles. The van der Waals surface area contributed by atoms with Crippen LogP contribution in [0, 0.1) is 5.92 Å². The maximum absolute atomic E-state index is 10.8. The van der Waals surface area contributed by atoms with Crippen LogP contribution in [0.2, 0.25) is 0 Å². The molecule has 0 rings (SSSR count). The monoisotopic (exact) mass is 273 g/mol. The first kappa shape index (κ1) is 18.2. The molecule has 4 nitrogen and oxygen atoms in total. The summed E-state index contributed by atoms with van der Waals surface area (Å²) in [5.41, 5.74) is 0. The average Bonchev–Trinajstić information content (AvgIpc) is 2.34. The molecule has 0 saturated carbocycles. The van der Waals surface area contributed by atoms with Crippen molar-refractivity contribution in [3.8, 4) is 0 Å². The third-order valence-corrected chi connectivity index (χ3v) is 3.35. The minimum absolute atomic E-state index is 0.0951. The van der Waals surface area contributed by atoms with Crippen LogP contribution < -0.4 is 0 Å². The summed E-state index contributed by atoms with van der Waals surface area (Å²) in [7, 11) is 0. The summed E-state index contributed by atoms with van der Waals surface area (Å²) in [6.07, 6.45) is 8.78. The van der Waals surface area contributed by atoms with Gasteiger partial charge in [0.15, 0.2) is 0 Å². The number of carboxylic acid groups (broad SMARTS) is 1. The fourth-order valence-electron chi connectivity index (χ4n) is 2.16. The molecule has 1 amide bonds. The van der Waals surface area contributed by atoms with Gasteiger partial charge >= 0.3 is 6.09 Å². The predicted octanol–water partition coefficient (Wildman–Crippen LogP) is 3.74. The Labute approximate surface area is 117 Å². The van der Waals surface area contributed by atoms with Crippen LogP contribution in [-0.2, 0) is 0 Å². The first-order valence-corrected chi connectivity index (χ1v) is 7.66. The fourth-order valence-corrected chi connectivity index (χ4v) is 2.16. The standard InChI is InChI=1S/C15H31NO3/c1-14(2)10-8-6-4-3-5-7-9-11-16(12-13-17)15(18)19/h14,17H,3-13H2,1-2H3,(H,18,19). The second kappa shape index (κ2) is 12.3. The molecule has 0 unspecified atom stereocenters. The van der Waals surface area contributed by atoms with Crippen LogP contribution in [0.4, 0.5) is 4.79 Å². The molecule has 0 aliphatic heterocycles. The summed E-state index contributed by atoms with van der Waals surface area (Å²) in [6, 6.07) is 0. The quantitative estimate of drug-likeness (QED) is 0.533. The first-order chi connectivity index (χ1) is 9.07. The maximum atomic E-state index is 10.8. The molecule has 0 atom stereocenters. The molecule has 0 fully saturated rings. The molecular weight excluding hydrogens is 242 g/mol. The molecule has 0 spiro atoms. The van der Waals surface area contributed by atoms with Gasteiger partial charge in [-0.15, -0.1) is 0 Å². The number of unbranched alkanes of at least 4 members (excludes halogenated alkanes) is 6. The lowest BCUT2D eigenvalue weighted by Crippen LogP contribution is -2.33. The summed E-state index contributed by atoms with van der Waals surface area (Å²) < 4.78 is 0. The summed E-state index contributed by atoms with van der Waals surface area (Å²) in [5, 5.41) is 17.6. The van der Waals surface area contributed by atoms with Gasteiger partial charge in [0.2, 0.25) is 0 Å². The summed E-state index contributed by atoms with van der Waals surface area (Å²) >= 11 is 0. The third-order valence-electron chi connectivity index (χ3n) is 3.35. The topological polar surface area (TPSA) is 60.8 Å². The maximum Gasteiger partial charge on any atom is 0.407 e. The van der Waals surface area contributed by atoms with Gasteiger partial charge < -0.3 is 15.1 Å². The second-order valence-corrected chi connectivity index (χ2v) is 5.65. The number of rotatable bonds is 12. The molecular formula is C15H31NO3. The average molecular weight is 273 g/mol. The van der Waals surface area contributed by atoms with Gasteiger partial charge in [0.25, 0.3) is 0 Å². The zero-order valence-corrected chi connectivity index (χ0v) is 12.6. The van der Waals surface area contributed by atoms with Crippen molar-refractivity contribution in [2.24, 2.45) is 5.92 Å². The van der Waals surface area contributed by atoms with Crippen molar-refractivity contribution < 1.29 is 15.0 Å². The lowest BCUT2D eigenvalue weighted by atomic mass is 10.0. The number of aliphatic hydroxyl groups is 1. The van der Waals surface area contributed by atoms with Crippen molar-refractivity contribution in [2.75, 3.05) is 19.7 Å². The van der Waals surface area contributed by atoms with Gasteiger partial charge in [-0.3, -0.25) is 0 Å². The molecule has 0 radical (unpaired) electrons. The molecule has 4 heteroatoms. The van der Waals surface area contributed by atoms with Gasteiger partial charge in [0.05, 0.1) is 6.61 Å². The normalized spacial score (nSPS) is 10.9. The second-order valence-electron chi connectivity index (χ2n) is 5.65. The third kappa shape index (κ3) is 12.0. The highest BCUT2D eigenvalue weighted by molar-refractivity contribution is 5.64. The Hall–Kier alpha value is -0.770. The van der Waals surface area contributed by atoms with Gasteiger partial charge in [-0.1, -0.05) is 58.8 Å². The van der Waals surface area contributed by atoms with Crippen LogP contribution >= 0.6 is 0 Å². The van der Waals surface area contributed by atoms with Gasteiger partial charge in [0.1, 0.15) is 0 Å². The van der Waals surface area contributed by atoms with Gasteiger partial charge in [-0.2, -0.15) is 0 Å². The van der Waals surface area contributed by atoms with Crippen LogP contribution in [0.1, 0.15) is 65.2 Å². The highest BCUT2D eigenvalue weighted by Gasteiger charge is 2.09. The molecule has 0 bridgehead atoms. The predicted molar refractivity (Wildman–Crippen MR) is 78.5 cm³/mol. The van der Waals surface area contributed by atoms with E-state index in [1.807, 2.05) is 0 Å². The summed E-state index contributed by atoms with van der Waals surface area (Å²) in [6.45, 7) is 5.21. The Balaban J connectivity index is 3.32. The smallest absolute Gasteiger partial charge is 0.407 e. The number of aliphatic hydroxyl groups excluding tert-OH is 1. The van der Waals surface area contributed by atoms with E-state index in [0.29, 0.717) is 6.54 Å². The van der Waals surface area contributed by atoms with Crippen LogP contribution in [0.3, 0.4) is 0 Å². The molecule has 0 aliphatic carbocycles. The highest BCUT2D eigenvalue weighted by Crippen LogP contribution is 2.12. The van der Waals surface area contributed by atoms with Crippen molar-refractivity contribution in [1.82, 2.24) is 4.90 Å². The zero-order chi connectivity index (χ0) is 14.5. The molecule has 114 valence electrons. The molecule has 0 aromatic rings. The summed E-state index contributed by atoms with van der Waals surface area (Å²) in [4.78, 5) is 12.1. The van der Waals surface area contributed by atoms with Crippen molar-refractivity contribution in [2.45, 2.75) is 65.2 Å². The SMILES string of the molecule is CC(C)CCCCCCCCCN(CCO)C(=O)O. The Kier molecular flexibility index (Phi) is 11.8. The Morgan fingerprint density at radius 2 is 1.47 bits per heavy atom. The minimum Gasteiger partial charge on any atom is -0.465 e. The van der Waals surface area contributed by atoms with Gasteiger partial charge in [-0.25, -0.2) is 4.79 Å². The Morgan fingerprint density at radius 3 is 1.95 bits per heavy atom. The van der Waals surface area contributed by atoms with Crippen LogP contribution in [0.25, 0.3) is 0 Å². The van der Waals surface area contributed by atoms with E-state index in [9.17, 15) is 4.79 Å². The van der Waals surface area contributed by atoms with Crippen molar-refractivity contribution in [3.63, 3.8) is 0 Å². The summed E-state index contributed by atoms with van der Waals surface area (Å²) in [5.74, 6) is 0.813. The molecule has 0 aliphatic rings. The van der Waals surface area contributed by atoms with E-state index < -0.39 is 6.09 Å². The lowest BCUT2D eigenvalue weighted by Gasteiger charge is -2.17.